The molecule has 0 N–H and O–H groups in total. The Morgan fingerprint density at radius 3 is 2.50 bits per heavy atom. The fourth-order valence-corrected chi connectivity index (χ4v) is 3.33. The van der Waals surface area contributed by atoms with E-state index in [1.54, 1.807) is 6.33 Å². The fraction of sp³-hybridized carbons (Fsp3) is 0.0455. The predicted octanol–water partition coefficient (Wildman–Crippen LogP) is 4.69. The normalized spacial score (nSPS) is 11.2. The van der Waals surface area contributed by atoms with E-state index in [1.165, 1.54) is 16.3 Å². The number of aromatic nitrogens is 4. The monoisotopic (exact) mass is 336 g/mol. The van der Waals surface area contributed by atoms with Crippen LogP contribution in [0.1, 0.15) is 5.56 Å². The first-order valence-corrected chi connectivity index (χ1v) is 8.58. The molecular weight excluding hydrogens is 320 g/mol. The Hall–Kier alpha value is -3.53. The van der Waals surface area contributed by atoms with Gasteiger partial charge >= 0.3 is 0 Å². The molecule has 3 aromatic carbocycles. The van der Waals surface area contributed by atoms with Crippen LogP contribution in [0.2, 0.25) is 0 Å². The van der Waals surface area contributed by atoms with Crippen LogP contribution in [-0.4, -0.2) is 19.7 Å². The summed E-state index contributed by atoms with van der Waals surface area (Å²) < 4.78 is 1.96. The van der Waals surface area contributed by atoms with Crippen molar-refractivity contribution in [2.45, 2.75) is 6.54 Å². The molecule has 2 heterocycles. The van der Waals surface area contributed by atoms with E-state index in [9.17, 15) is 0 Å². The zero-order chi connectivity index (χ0) is 17.3. The molecule has 5 aromatic rings. The number of benzene rings is 3. The lowest BCUT2D eigenvalue weighted by Crippen LogP contribution is -2.02. The molecule has 0 saturated carbocycles. The van der Waals surface area contributed by atoms with E-state index in [2.05, 4.69) is 64.6 Å². The van der Waals surface area contributed by atoms with Crippen molar-refractivity contribution in [2.24, 2.45) is 0 Å². The Morgan fingerprint density at radius 2 is 1.62 bits per heavy atom. The van der Waals surface area contributed by atoms with Crippen LogP contribution in [0.15, 0.2) is 85.3 Å². The van der Waals surface area contributed by atoms with Crippen molar-refractivity contribution in [1.82, 2.24) is 19.7 Å². The number of hydrogen-bond acceptors (Lipinski definition) is 3. The second kappa shape index (κ2) is 6.08. The maximum atomic E-state index is 4.88. The van der Waals surface area contributed by atoms with Crippen LogP contribution in [0.3, 0.4) is 0 Å². The van der Waals surface area contributed by atoms with E-state index < -0.39 is 0 Å². The molecule has 0 saturated heterocycles. The Labute approximate surface area is 150 Å². The molecule has 0 aliphatic heterocycles. The third-order valence-corrected chi connectivity index (χ3v) is 4.61. The van der Waals surface area contributed by atoms with Gasteiger partial charge in [0.25, 0.3) is 0 Å². The van der Waals surface area contributed by atoms with Gasteiger partial charge in [0.15, 0.2) is 5.65 Å². The highest BCUT2D eigenvalue weighted by molar-refractivity contribution is 5.94. The Morgan fingerprint density at radius 1 is 0.808 bits per heavy atom. The molecule has 124 valence electrons. The van der Waals surface area contributed by atoms with Gasteiger partial charge in [-0.3, -0.25) is 0 Å². The van der Waals surface area contributed by atoms with E-state index >= 15 is 0 Å². The second-order valence-electron chi connectivity index (χ2n) is 6.31. The summed E-state index contributed by atoms with van der Waals surface area (Å²) in [6.45, 7) is 0.682. The van der Waals surface area contributed by atoms with Crippen molar-refractivity contribution >= 4 is 21.8 Å². The Kier molecular flexibility index (Phi) is 3.46. The van der Waals surface area contributed by atoms with Crippen LogP contribution >= 0.6 is 0 Å². The van der Waals surface area contributed by atoms with Crippen molar-refractivity contribution < 1.29 is 0 Å². The van der Waals surface area contributed by atoms with E-state index in [0.717, 1.165) is 22.3 Å². The molecule has 0 radical (unpaired) electrons. The summed E-state index contributed by atoms with van der Waals surface area (Å²) in [5.41, 5.74) is 4.05. The number of fused-ring (bicyclic) bond motifs is 2. The lowest BCUT2D eigenvalue weighted by atomic mass is 10.0. The minimum atomic E-state index is 0.682. The molecule has 2 aromatic heterocycles. The van der Waals surface area contributed by atoms with E-state index in [1.807, 2.05) is 29.1 Å². The number of rotatable bonds is 3. The van der Waals surface area contributed by atoms with Crippen LogP contribution in [0.5, 0.6) is 0 Å². The van der Waals surface area contributed by atoms with Gasteiger partial charge in [-0.05, 0) is 22.4 Å². The van der Waals surface area contributed by atoms with Gasteiger partial charge in [-0.1, -0.05) is 66.7 Å². The van der Waals surface area contributed by atoms with Gasteiger partial charge in [0.1, 0.15) is 12.0 Å². The zero-order valence-electron chi connectivity index (χ0n) is 14.1. The van der Waals surface area contributed by atoms with E-state index in [-0.39, 0.29) is 0 Å². The smallest absolute Gasteiger partial charge is 0.162 e. The van der Waals surface area contributed by atoms with Gasteiger partial charge in [-0.2, -0.15) is 5.10 Å². The largest absolute Gasteiger partial charge is 0.244 e. The molecule has 0 amide bonds. The minimum Gasteiger partial charge on any atom is -0.244 e. The van der Waals surface area contributed by atoms with Crippen LogP contribution in [0.25, 0.3) is 33.1 Å². The molecule has 0 unspecified atom stereocenters. The van der Waals surface area contributed by atoms with Gasteiger partial charge in [-0.15, -0.1) is 0 Å². The third kappa shape index (κ3) is 2.52. The Balaban J connectivity index is 1.67. The van der Waals surface area contributed by atoms with Crippen LogP contribution in [-0.2, 0) is 6.54 Å². The van der Waals surface area contributed by atoms with Crippen molar-refractivity contribution in [1.29, 1.82) is 0 Å². The van der Waals surface area contributed by atoms with Crippen molar-refractivity contribution in [3.05, 3.63) is 90.9 Å². The van der Waals surface area contributed by atoms with Gasteiger partial charge in [0, 0.05) is 11.8 Å². The van der Waals surface area contributed by atoms with Crippen LogP contribution in [0, 0.1) is 0 Å². The summed E-state index contributed by atoms with van der Waals surface area (Å²) in [5.74, 6) is 0. The third-order valence-electron chi connectivity index (χ3n) is 4.61. The van der Waals surface area contributed by atoms with E-state index in [0.29, 0.717) is 6.54 Å². The lowest BCUT2D eigenvalue weighted by Gasteiger charge is -2.03. The molecule has 0 spiro atoms. The number of nitrogens with zero attached hydrogens (tertiary/aromatic N) is 4. The number of hydrogen-bond donors (Lipinski definition) is 0. The van der Waals surface area contributed by atoms with E-state index in [4.69, 9.17) is 5.10 Å². The summed E-state index contributed by atoms with van der Waals surface area (Å²) in [4.78, 5) is 8.69. The molecule has 0 aliphatic rings. The first-order chi connectivity index (χ1) is 12.9. The lowest BCUT2D eigenvalue weighted by molar-refractivity contribution is 0.706. The standard InChI is InChI=1S/C22H16N4/c1-2-6-16(7-3-1)14-26-22-20(13-23-15-24-22)21(25-26)19-11-10-17-8-4-5-9-18(17)12-19/h1-13,15H,14H2. The molecule has 0 atom stereocenters. The van der Waals surface area contributed by atoms with Crippen LogP contribution < -0.4 is 0 Å². The SMILES string of the molecule is c1ccc(Cn2nc(-c3ccc4ccccc4c3)c3cncnc32)cc1. The molecule has 0 fully saturated rings. The van der Waals surface area contributed by atoms with Crippen LogP contribution in [0.4, 0.5) is 0 Å². The molecule has 4 heteroatoms. The van der Waals surface area contributed by atoms with Gasteiger partial charge in [0.2, 0.25) is 0 Å². The van der Waals surface area contributed by atoms with Crippen molar-refractivity contribution in [2.75, 3.05) is 0 Å². The van der Waals surface area contributed by atoms with Gasteiger partial charge < -0.3 is 0 Å². The molecule has 0 aliphatic carbocycles. The minimum absolute atomic E-state index is 0.682. The first-order valence-electron chi connectivity index (χ1n) is 8.58. The molecule has 26 heavy (non-hydrogen) atoms. The highest BCUT2D eigenvalue weighted by atomic mass is 15.3. The Bertz CT molecular complexity index is 1210. The molecule has 5 rings (SSSR count). The molecule has 0 bridgehead atoms. The summed E-state index contributed by atoms with van der Waals surface area (Å²) in [6.07, 6.45) is 3.43. The first kappa shape index (κ1) is 14.8. The molecular formula is C22H16N4. The average Bonchev–Trinajstić information content (AvgIpc) is 3.07. The van der Waals surface area contributed by atoms with Crippen molar-refractivity contribution in [3.8, 4) is 11.3 Å². The zero-order valence-corrected chi connectivity index (χ0v) is 14.1. The maximum Gasteiger partial charge on any atom is 0.162 e. The summed E-state index contributed by atoms with van der Waals surface area (Å²) in [6, 6.07) is 25.1. The quantitative estimate of drug-likeness (QED) is 0.480. The maximum absolute atomic E-state index is 4.88. The summed E-state index contributed by atoms with van der Waals surface area (Å²) in [5, 5.41) is 8.27. The predicted molar refractivity (Wildman–Crippen MR) is 104 cm³/mol. The topological polar surface area (TPSA) is 43.6 Å². The van der Waals surface area contributed by atoms with Gasteiger partial charge in [-0.25, -0.2) is 14.6 Å². The highest BCUT2D eigenvalue weighted by Crippen LogP contribution is 2.29. The van der Waals surface area contributed by atoms with Crippen molar-refractivity contribution in [3.63, 3.8) is 0 Å². The second-order valence-corrected chi connectivity index (χ2v) is 6.31. The average molecular weight is 336 g/mol. The highest BCUT2D eigenvalue weighted by Gasteiger charge is 2.14. The summed E-state index contributed by atoms with van der Waals surface area (Å²) >= 11 is 0. The molecule has 4 nitrogen and oxygen atoms in total. The fourth-order valence-electron chi connectivity index (χ4n) is 3.33. The summed E-state index contributed by atoms with van der Waals surface area (Å²) in [7, 11) is 0. The van der Waals surface area contributed by atoms with Gasteiger partial charge in [0.05, 0.1) is 11.9 Å².